The van der Waals surface area contributed by atoms with Gasteiger partial charge in [-0.05, 0) is 37.3 Å². The third kappa shape index (κ3) is 2.84. The maximum absolute atomic E-state index is 12.3. The van der Waals surface area contributed by atoms with E-state index in [4.69, 9.17) is 11.6 Å². The first-order chi connectivity index (χ1) is 10.6. The van der Waals surface area contributed by atoms with Crippen LogP contribution in [-0.4, -0.2) is 20.7 Å². The Morgan fingerprint density at radius 2 is 2.09 bits per heavy atom. The molecule has 5 nitrogen and oxygen atoms in total. The minimum Gasteiger partial charge on any atom is -0.320 e. The smallest absolute Gasteiger partial charge is 0.259 e. The van der Waals surface area contributed by atoms with Crippen LogP contribution in [0.1, 0.15) is 16.1 Å². The molecule has 0 saturated carbocycles. The molecule has 0 aliphatic rings. The van der Waals surface area contributed by atoms with Crippen molar-refractivity contribution in [3.05, 3.63) is 71.3 Å². The molecule has 22 heavy (non-hydrogen) atoms. The predicted molar refractivity (Wildman–Crippen MR) is 85.5 cm³/mol. The molecule has 0 bridgehead atoms. The highest BCUT2D eigenvalue weighted by atomic mass is 35.5. The number of rotatable bonds is 3. The average molecular weight is 313 g/mol. The second kappa shape index (κ2) is 5.99. The van der Waals surface area contributed by atoms with Gasteiger partial charge in [-0.3, -0.25) is 9.78 Å². The van der Waals surface area contributed by atoms with E-state index < -0.39 is 0 Å². The maximum atomic E-state index is 12.3. The molecular weight excluding hydrogens is 300 g/mol. The topological polar surface area (TPSA) is 59.8 Å². The maximum Gasteiger partial charge on any atom is 0.259 e. The summed E-state index contributed by atoms with van der Waals surface area (Å²) in [5, 5.41) is 7.68. The van der Waals surface area contributed by atoms with Gasteiger partial charge in [0.2, 0.25) is 0 Å². The van der Waals surface area contributed by atoms with Gasteiger partial charge in [-0.2, -0.15) is 5.10 Å². The van der Waals surface area contributed by atoms with Crippen LogP contribution in [0.2, 0.25) is 5.02 Å². The number of pyridine rings is 1. The molecule has 0 aliphatic carbocycles. The van der Waals surface area contributed by atoms with E-state index in [1.165, 1.54) is 0 Å². The largest absolute Gasteiger partial charge is 0.320 e. The molecular formula is C16H13ClN4O. The van der Waals surface area contributed by atoms with Crippen molar-refractivity contribution < 1.29 is 4.79 Å². The quantitative estimate of drug-likeness (QED) is 0.805. The zero-order valence-electron chi connectivity index (χ0n) is 11.8. The molecule has 2 heterocycles. The second-order valence-electron chi connectivity index (χ2n) is 4.73. The summed E-state index contributed by atoms with van der Waals surface area (Å²) in [6.45, 7) is 1.84. The normalized spacial score (nSPS) is 10.5. The lowest BCUT2D eigenvalue weighted by Crippen LogP contribution is -2.13. The molecule has 0 saturated heterocycles. The fourth-order valence-corrected chi connectivity index (χ4v) is 2.32. The van der Waals surface area contributed by atoms with Crippen LogP contribution in [0.3, 0.4) is 0 Å². The summed E-state index contributed by atoms with van der Waals surface area (Å²) in [5.74, 6) is -0.223. The van der Waals surface area contributed by atoms with E-state index in [9.17, 15) is 4.79 Å². The van der Waals surface area contributed by atoms with Gasteiger partial charge in [0, 0.05) is 11.2 Å². The fourth-order valence-electron chi connectivity index (χ4n) is 2.14. The number of hydrogen-bond donors (Lipinski definition) is 1. The first kappa shape index (κ1) is 14.3. The molecule has 0 radical (unpaired) electrons. The molecule has 0 unspecified atom stereocenters. The van der Waals surface area contributed by atoms with Crippen molar-refractivity contribution in [1.82, 2.24) is 14.8 Å². The summed E-state index contributed by atoms with van der Waals surface area (Å²) in [5.41, 5.74) is 2.69. The van der Waals surface area contributed by atoms with Crippen molar-refractivity contribution in [1.29, 1.82) is 0 Å². The predicted octanol–water partition coefficient (Wildman–Crippen LogP) is 3.48. The van der Waals surface area contributed by atoms with E-state index >= 15 is 0 Å². The lowest BCUT2D eigenvalue weighted by atomic mass is 10.2. The van der Waals surface area contributed by atoms with Gasteiger partial charge in [-0.1, -0.05) is 17.7 Å². The summed E-state index contributed by atoms with van der Waals surface area (Å²) >= 11 is 6.00. The third-order valence-corrected chi connectivity index (χ3v) is 3.46. The van der Waals surface area contributed by atoms with Crippen LogP contribution < -0.4 is 5.32 Å². The Kier molecular flexibility index (Phi) is 3.89. The molecule has 1 amide bonds. The Bertz CT molecular complexity index is 814. The summed E-state index contributed by atoms with van der Waals surface area (Å²) < 4.78 is 1.68. The van der Waals surface area contributed by atoms with Crippen molar-refractivity contribution in [2.45, 2.75) is 6.92 Å². The number of carbonyl (C=O) groups excluding carboxylic acids is 1. The molecule has 6 heteroatoms. The number of halogens is 1. The monoisotopic (exact) mass is 312 g/mol. The lowest BCUT2D eigenvalue weighted by Gasteiger charge is -2.06. The van der Waals surface area contributed by atoms with Gasteiger partial charge < -0.3 is 5.32 Å². The van der Waals surface area contributed by atoms with Crippen LogP contribution >= 0.6 is 11.6 Å². The molecule has 0 aliphatic heterocycles. The minimum absolute atomic E-state index is 0.223. The zero-order valence-corrected chi connectivity index (χ0v) is 12.6. The van der Waals surface area contributed by atoms with Crippen LogP contribution in [-0.2, 0) is 0 Å². The summed E-state index contributed by atoms with van der Waals surface area (Å²) in [6, 6.07) is 10.9. The third-order valence-electron chi connectivity index (χ3n) is 3.23. The van der Waals surface area contributed by atoms with Gasteiger partial charge in [-0.15, -0.1) is 0 Å². The van der Waals surface area contributed by atoms with Gasteiger partial charge in [0.15, 0.2) is 0 Å². The highest BCUT2D eigenvalue weighted by Crippen LogP contribution is 2.18. The molecule has 3 rings (SSSR count). The Morgan fingerprint density at radius 3 is 2.82 bits per heavy atom. The molecule has 2 aromatic heterocycles. The number of nitrogens with zero attached hydrogens (tertiary/aromatic N) is 3. The number of benzene rings is 1. The van der Waals surface area contributed by atoms with Crippen molar-refractivity contribution in [2.24, 2.45) is 0 Å². The fraction of sp³-hybridized carbons (Fsp3) is 0.0625. The number of anilines is 1. The average Bonchev–Trinajstić information content (AvgIpc) is 2.90. The number of nitrogens with one attached hydrogen (secondary N) is 1. The van der Waals surface area contributed by atoms with Crippen LogP contribution in [0.25, 0.3) is 5.69 Å². The number of hydrogen-bond acceptors (Lipinski definition) is 3. The molecule has 110 valence electrons. The zero-order chi connectivity index (χ0) is 15.5. The highest BCUT2D eigenvalue weighted by Gasteiger charge is 2.15. The van der Waals surface area contributed by atoms with Gasteiger partial charge in [0.05, 0.1) is 35.0 Å². The minimum atomic E-state index is -0.223. The highest BCUT2D eigenvalue weighted by molar-refractivity contribution is 6.30. The molecule has 1 N–H and O–H groups in total. The number of aromatic nitrogens is 3. The standard InChI is InChI=1S/C16H13ClN4O/c1-11-15(16(22)20-13-5-3-7-18-9-13)10-19-21(11)14-6-2-4-12(17)8-14/h2-10H,1H3,(H,20,22). The Hall–Kier alpha value is -2.66. The van der Waals surface area contributed by atoms with Crippen LogP contribution in [0.5, 0.6) is 0 Å². The van der Waals surface area contributed by atoms with Gasteiger partial charge >= 0.3 is 0 Å². The molecule has 3 aromatic rings. The van der Waals surface area contributed by atoms with Crippen molar-refractivity contribution in [3.8, 4) is 5.69 Å². The van der Waals surface area contributed by atoms with E-state index in [-0.39, 0.29) is 5.91 Å². The number of carbonyl (C=O) groups is 1. The van der Waals surface area contributed by atoms with Crippen molar-refractivity contribution >= 4 is 23.2 Å². The second-order valence-corrected chi connectivity index (χ2v) is 5.17. The van der Waals surface area contributed by atoms with E-state index in [2.05, 4.69) is 15.4 Å². The van der Waals surface area contributed by atoms with Gasteiger partial charge in [0.1, 0.15) is 0 Å². The summed E-state index contributed by atoms with van der Waals surface area (Å²) in [6.07, 6.45) is 4.79. The first-order valence-corrected chi connectivity index (χ1v) is 7.05. The molecule has 0 atom stereocenters. The van der Waals surface area contributed by atoms with Crippen molar-refractivity contribution in [2.75, 3.05) is 5.32 Å². The lowest BCUT2D eigenvalue weighted by molar-refractivity contribution is 0.102. The molecule has 0 fully saturated rings. The summed E-state index contributed by atoms with van der Waals surface area (Å²) in [4.78, 5) is 16.3. The number of amides is 1. The molecule has 1 aromatic carbocycles. The van der Waals surface area contributed by atoms with E-state index in [1.54, 1.807) is 47.5 Å². The summed E-state index contributed by atoms with van der Waals surface area (Å²) in [7, 11) is 0. The van der Waals surface area contributed by atoms with E-state index in [0.717, 1.165) is 11.4 Å². The van der Waals surface area contributed by atoms with E-state index in [1.807, 2.05) is 19.1 Å². The van der Waals surface area contributed by atoms with Gasteiger partial charge in [0.25, 0.3) is 5.91 Å². The van der Waals surface area contributed by atoms with Crippen LogP contribution in [0.4, 0.5) is 5.69 Å². The van der Waals surface area contributed by atoms with Gasteiger partial charge in [-0.25, -0.2) is 4.68 Å². The molecule has 0 spiro atoms. The SMILES string of the molecule is Cc1c(C(=O)Nc2cccnc2)cnn1-c1cccc(Cl)c1. The first-order valence-electron chi connectivity index (χ1n) is 6.67. The van der Waals surface area contributed by atoms with Crippen LogP contribution in [0, 0.1) is 6.92 Å². The Labute approximate surface area is 132 Å². The Balaban J connectivity index is 1.89. The van der Waals surface area contributed by atoms with Crippen molar-refractivity contribution in [3.63, 3.8) is 0 Å². The van der Waals surface area contributed by atoms with Crippen LogP contribution in [0.15, 0.2) is 55.0 Å². The Morgan fingerprint density at radius 1 is 1.23 bits per heavy atom. The van der Waals surface area contributed by atoms with E-state index in [0.29, 0.717) is 16.3 Å².